The maximum absolute atomic E-state index is 12.6. The van der Waals surface area contributed by atoms with Crippen LogP contribution in [0.25, 0.3) is 0 Å². The molecule has 2 heterocycles. The molecular weight excluding hydrogens is 320 g/mol. The molecule has 3 fully saturated rings. The number of ether oxygens (including phenoxy) is 1. The number of hydrogen-bond acceptors (Lipinski definition) is 5. The van der Waals surface area contributed by atoms with E-state index in [1.54, 1.807) is 6.26 Å². The number of carbonyl (C=O) groups excluding carboxylic acids is 1. The SMILES string of the molecule is CCO[C@@H]1C[C@H](NC(=O)N2CCN(Cc3ccon3)CC2)C12CCC2. The fraction of sp³-hybridized carbons (Fsp3) is 0.778. The van der Waals surface area contributed by atoms with Crippen LogP contribution < -0.4 is 5.32 Å². The lowest BCUT2D eigenvalue weighted by molar-refractivity contribution is -0.170. The molecule has 1 spiro atoms. The molecule has 2 aliphatic carbocycles. The van der Waals surface area contributed by atoms with Crippen molar-refractivity contribution in [3.8, 4) is 0 Å². The third-order valence-electron chi connectivity index (χ3n) is 6.27. The highest BCUT2D eigenvalue weighted by atomic mass is 16.5. The second-order valence-electron chi connectivity index (χ2n) is 7.52. The van der Waals surface area contributed by atoms with Crippen LogP contribution in [0.2, 0.25) is 0 Å². The van der Waals surface area contributed by atoms with Gasteiger partial charge in [-0.15, -0.1) is 0 Å². The van der Waals surface area contributed by atoms with E-state index in [2.05, 4.69) is 22.3 Å². The zero-order valence-corrected chi connectivity index (χ0v) is 14.9. The molecule has 1 aromatic rings. The van der Waals surface area contributed by atoms with Crippen LogP contribution >= 0.6 is 0 Å². The van der Waals surface area contributed by atoms with Crippen LogP contribution in [0.5, 0.6) is 0 Å². The van der Waals surface area contributed by atoms with Crippen molar-refractivity contribution < 1.29 is 14.1 Å². The number of hydrogen-bond donors (Lipinski definition) is 1. The summed E-state index contributed by atoms with van der Waals surface area (Å²) in [6.07, 6.45) is 6.55. The van der Waals surface area contributed by atoms with Crippen molar-refractivity contribution in [3.05, 3.63) is 18.0 Å². The first-order chi connectivity index (χ1) is 12.2. The van der Waals surface area contributed by atoms with Crippen molar-refractivity contribution >= 4 is 6.03 Å². The second kappa shape index (κ2) is 6.96. The molecule has 3 aliphatic rings. The fourth-order valence-electron chi connectivity index (χ4n) is 4.54. The Kier molecular flexibility index (Phi) is 4.69. The molecule has 0 bridgehead atoms. The maximum Gasteiger partial charge on any atom is 0.317 e. The van der Waals surface area contributed by atoms with Crippen LogP contribution in [0.15, 0.2) is 16.9 Å². The molecule has 1 aliphatic heterocycles. The van der Waals surface area contributed by atoms with E-state index in [0.29, 0.717) is 12.1 Å². The van der Waals surface area contributed by atoms with Crippen molar-refractivity contribution in [2.45, 2.75) is 51.3 Å². The predicted octanol–water partition coefficient (Wildman–Crippen LogP) is 1.85. The van der Waals surface area contributed by atoms with Crippen LogP contribution in [-0.2, 0) is 11.3 Å². The summed E-state index contributed by atoms with van der Waals surface area (Å²) in [6.45, 7) is 6.87. The lowest BCUT2D eigenvalue weighted by Gasteiger charge is -2.61. The monoisotopic (exact) mass is 348 g/mol. The molecule has 2 amide bonds. The van der Waals surface area contributed by atoms with Gasteiger partial charge in [0.25, 0.3) is 0 Å². The summed E-state index contributed by atoms with van der Waals surface area (Å²) in [4.78, 5) is 16.9. The van der Waals surface area contributed by atoms with Crippen molar-refractivity contribution in [1.29, 1.82) is 0 Å². The number of nitrogens with zero attached hydrogens (tertiary/aromatic N) is 3. The van der Waals surface area contributed by atoms with E-state index in [-0.39, 0.29) is 11.4 Å². The lowest BCUT2D eigenvalue weighted by atomic mass is 9.51. The van der Waals surface area contributed by atoms with E-state index in [1.807, 2.05) is 11.0 Å². The van der Waals surface area contributed by atoms with Crippen molar-refractivity contribution in [2.75, 3.05) is 32.8 Å². The summed E-state index contributed by atoms with van der Waals surface area (Å²) in [7, 11) is 0. The Balaban J connectivity index is 1.24. The molecule has 138 valence electrons. The average molecular weight is 348 g/mol. The number of amides is 2. The number of nitrogens with one attached hydrogen (secondary N) is 1. The van der Waals surface area contributed by atoms with Gasteiger partial charge in [0.05, 0.1) is 11.8 Å². The van der Waals surface area contributed by atoms with Crippen LogP contribution in [-0.4, -0.2) is 65.9 Å². The quantitative estimate of drug-likeness (QED) is 0.879. The third-order valence-corrected chi connectivity index (χ3v) is 6.27. The highest BCUT2D eigenvalue weighted by molar-refractivity contribution is 5.75. The van der Waals surface area contributed by atoms with Crippen molar-refractivity contribution in [2.24, 2.45) is 5.41 Å². The van der Waals surface area contributed by atoms with Gasteiger partial charge in [-0.25, -0.2) is 4.79 Å². The Morgan fingerprint density at radius 2 is 2.20 bits per heavy atom. The molecule has 4 rings (SSSR count). The van der Waals surface area contributed by atoms with Gasteiger partial charge < -0.3 is 19.5 Å². The smallest absolute Gasteiger partial charge is 0.317 e. The van der Waals surface area contributed by atoms with Gasteiger partial charge in [-0.05, 0) is 26.2 Å². The Hall–Kier alpha value is -1.60. The summed E-state index contributed by atoms with van der Waals surface area (Å²) in [6, 6.07) is 2.27. The van der Waals surface area contributed by atoms with Crippen LogP contribution in [0.4, 0.5) is 4.79 Å². The number of carbonyl (C=O) groups is 1. The Morgan fingerprint density at radius 3 is 2.80 bits per heavy atom. The topological polar surface area (TPSA) is 70.8 Å². The molecule has 0 radical (unpaired) electrons. The van der Waals surface area contributed by atoms with Crippen LogP contribution in [0, 0.1) is 5.41 Å². The molecule has 0 unspecified atom stereocenters. The van der Waals surface area contributed by atoms with E-state index < -0.39 is 0 Å². The van der Waals surface area contributed by atoms with Gasteiger partial charge in [-0.3, -0.25) is 4.90 Å². The molecule has 7 nitrogen and oxygen atoms in total. The normalized spacial score (nSPS) is 28.4. The molecule has 1 saturated heterocycles. The number of urea groups is 1. The van der Waals surface area contributed by atoms with Crippen molar-refractivity contribution in [3.63, 3.8) is 0 Å². The van der Waals surface area contributed by atoms with E-state index >= 15 is 0 Å². The third kappa shape index (κ3) is 3.15. The molecule has 2 atom stereocenters. The van der Waals surface area contributed by atoms with E-state index in [0.717, 1.165) is 51.4 Å². The Bertz CT molecular complexity index is 579. The lowest BCUT2D eigenvalue weighted by Crippen LogP contribution is -2.69. The molecule has 1 N–H and O–H groups in total. The fourth-order valence-corrected chi connectivity index (χ4v) is 4.54. The minimum Gasteiger partial charge on any atom is -0.378 e. The molecule has 1 aromatic heterocycles. The van der Waals surface area contributed by atoms with Gasteiger partial charge in [0.2, 0.25) is 0 Å². The zero-order chi connectivity index (χ0) is 17.3. The molecule has 0 aromatic carbocycles. The van der Waals surface area contributed by atoms with Crippen molar-refractivity contribution in [1.82, 2.24) is 20.3 Å². The minimum absolute atomic E-state index is 0.0901. The predicted molar refractivity (Wildman–Crippen MR) is 92.0 cm³/mol. The number of piperazine rings is 1. The maximum atomic E-state index is 12.6. The van der Waals surface area contributed by atoms with Gasteiger partial charge in [0.1, 0.15) is 6.26 Å². The zero-order valence-electron chi connectivity index (χ0n) is 14.9. The molecule has 7 heteroatoms. The molecule has 25 heavy (non-hydrogen) atoms. The van der Waals surface area contributed by atoms with Crippen LogP contribution in [0.3, 0.4) is 0 Å². The second-order valence-corrected chi connectivity index (χ2v) is 7.52. The number of rotatable bonds is 5. The van der Waals surface area contributed by atoms with Gasteiger partial charge >= 0.3 is 6.03 Å². The molecular formula is C18H28N4O3. The van der Waals surface area contributed by atoms with E-state index in [4.69, 9.17) is 9.26 Å². The summed E-state index contributed by atoms with van der Waals surface area (Å²) in [5, 5.41) is 7.24. The first-order valence-corrected chi connectivity index (χ1v) is 9.50. The van der Waals surface area contributed by atoms with E-state index in [9.17, 15) is 4.79 Å². The largest absolute Gasteiger partial charge is 0.378 e. The minimum atomic E-state index is 0.0901. The molecule has 2 saturated carbocycles. The Morgan fingerprint density at radius 1 is 1.40 bits per heavy atom. The standard InChI is InChI=1S/C18H28N4O3/c1-2-24-16-12-15(18(16)5-3-6-18)19-17(23)22-9-7-21(8-10-22)13-14-4-11-25-20-14/h4,11,15-16H,2-3,5-10,12-13H2,1H3,(H,19,23)/t15-,16+/m0/s1. The highest BCUT2D eigenvalue weighted by Crippen LogP contribution is 2.57. The van der Waals surface area contributed by atoms with Gasteiger partial charge in [0, 0.05) is 56.9 Å². The first kappa shape index (κ1) is 16.8. The van der Waals surface area contributed by atoms with Crippen LogP contribution in [0.1, 0.15) is 38.3 Å². The summed E-state index contributed by atoms with van der Waals surface area (Å²) >= 11 is 0. The van der Waals surface area contributed by atoms with E-state index in [1.165, 1.54) is 19.3 Å². The Labute approximate surface area is 148 Å². The summed E-state index contributed by atoms with van der Waals surface area (Å²) in [5.41, 5.74) is 1.17. The first-order valence-electron chi connectivity index (χ1n) is 9.50. The summed E-state index contributed by atoms with van der Waals surface area (Å²) < 4.78 is 10.7. The van der Waals surface area contributed by atoms with Gasteiger partial charge in [-0.2, -0.15) is 0 Å². The summed E-state index contributed by atoms with van der Waals surface area (Å²) in [5.74, 6) is 0. The number of aromatic nitrogens is 1. The van der Waals surface area contributed by atoms with Gasteiger partial charge in [-0.1, -0.05) is 11.6 Å². The highest BCUT2D eigenvalue weighted by Gasteiger charge is 2.59. The van der Waals surface area contributed by atoms with Gasteiger partial charge in [0.15, 0.2) is 0 Å². The average Bonchev–Trinajstić information content (AvgIpc) is 3.06.